The Morgan fingerprint density at radius 1 is 1.14 bits per heavy atom. The van der Waals surface area contributed by atoms with Gasteiger partial charge in [-0.15, -0.1) is 0 Å². The van der Waals surface area contributed by atoms with E-state index in [0.717, 1.165) is 5.57 Å². The van der Waals surface area contributed by atoms with Crippen molar-refractivity contribution < 1.29 is 24.1 Å². The molecule has 0 aliphatic rings. The fourth-order valence-corrected chi connectivity index (χ4v) is 2.65. The maximum Gasteiger partial charge on any atom is 0.342 e. The number of methoxy groups -OCH3 is 3. The molecule has 0 spiro atoms. The molecule has 28 heavy (non-hydrogen) atoms. The van der Waals surface area contributed by atoms with E-state index in [1.54, 1.807) is 37.5 Å². The molecule has 0 saturated heterocycles. The Morgan fingerprint density at radius 2 is 1.89 bits per heavy atom. The van der Waals surface area contributed by atoms with E-state index in [9.17, 15) is 9.90 Å². The van der Waals surface area contributed by atoms with Gasteiger partial charge in [0.25, 0.3) is 0 Å². The summed E-state index contributed by atoms with van der Waals surface area (Å²) in [5.74, 6) is 0.188. The number of pyridine rings is 1. The van der Waals surface area contributed by atoms with Crippen LogP contribution in [0.5, 0.6) is 17.4 Å². The van der Waals surface area contributed by atoms with E-state index in [0.29, 0.717) is 34.9 Å². The Kier molecular flexibility index (Phi) is 7.21. The Bertz CT molecular complexity index is 911. The zero-order valence-corrected chi connectivity index (χ0v) is 16.8. The first-order chi connectivity index (χ1) is 13.4. The average Bonchev–Trinajstić information content (AvgIpc) is 2.70. The Morgan fingerprint density at radius 3 is 2.50 bits per heavy atom. The fourth-order valence-electron chi connectivity index (χ4n) is 2.65. The van der Waals surface area contributed by atoms with Crippen LogP contribution in [-0.2, 0) is 11.2 Å². The Hall–Kier alpha value is -3.28. The second-order valence-corrected chi connectivity index (χ2v) is 6.29. The summed E-state index contributed by atoms with van der Waals surface area (Å²) in [6, 6.07) is 7.06. The molecule has 148 valence electrons. The number of hydrogen-bond donors (Lipinski definition) is 1. The number of rotatable bonds is 7. The maximum absolute atomic E-state index is 12.3. The standard InChI is InChI=1S/C22H25NO5/c1-14(2)9-12-17-18(26-3)13-15(20(21(17)24)22(25)28-5)10-11-16-7-6-8-19(23-16)27-4/h6-11,13,24H,12H2,1-5H3/b11-10+. The highest BCUT2D eigenvalue weighted by Crippen LogP contribution is 2.36. The normalized spacial score (nSPS) is 10.6. The van der Waals surface area contributed by atoms with Crippen molar-refractivity contribution in [1.82, 2.24) is 4.98 Å². The number of phenols is 1. The summed E-state index contributed by atoms with van der Waals surface area (Å²) in [4.78, 5) is 16.7. The molecule has 6 heteroatoms. The van der Waals surface area contributed by atoms with Gasteiger partial charge in [0, 0.05) is 11.6 Å². The van der Waals surface area contributed by atoms with Gasteiger partial charge in [0.1, 0.15) is 17.1 Å². The lowest BCUT2D eigenvalue weighted by molar-refractivity contribution is 0.0597. The van der Waals surface area contributed by atoms with Gasteiger partial charge in [-0.1, -0.05) is 23.8 Å². The van der Waals surface area contributed by atoms with Crippen LogP contribution >= 0.6 is 0 Å². The van der Waals surface area contributed by atoms with Crippen LogP contribution in [0.4, 0.5) is 0 Å². The summed E-state index contributed by atoms with van der Waals surface area (Å²) in [6.07, 6.45) is 5.79. The highest BCUT2D eigenvalue weighted by atomic mass is 16.5. The van der Waals surface area contributed by atoms with Gasteiger partial charge in [0.05, 0.1) is 27.0 Å². The first kappa shape index (κ1) is 21.0. The number of aromatic hydroxyl groups is 1. The molecule has 0 atom stereocenters. The van der Waals surface area contributed by atoms with E-state index >= 15 is 0 Å². The molecule has 0 bridgehead atoms. The van der Waals surface area contributed by atoms with Crippen molar-refractivity contribution in [3.05, 3.63) is 58.3 Å². The van der Waals surface area contributed by atoms with Gasteiger partial charge in [-0.25, -0.2) is 9.78 Å². The zero-order chi connectivity index (χ0) is 20.7. The number of phenolic OH excluding ortho intramolecular Hbond substituents is 1. The van der Waals surface area contributed by atoms with Gasteiger partial charge in [0.15, 0.2) is 0 Å². The summed E-state index contributed by atoms with van der Waals surface area (Å²) in [5, 5.41) is 10.8. The van der Waals surface area contributed by atoms with E-state index in [1.807, 2.05) is 26.0 Å². The molecule has 1 heterocycles. The molecule has 1 aromatic heterocycles. The summed E-state index contributed by atoms with van der Waals surface area (Å²) in [6.45, 7) is 3.92. The van der Waals surface area contributed by atoms with E-state index in [1.165, 1.54) is 14.2 Å². The summed E-state index contributed by atoms with van der Waals surface area (Å²) in [7, 11) is 4.34. The van der Waals surface area contributed by atoms with Crippen LogP contribution in [0.1, 0.15) is 41.0 Å². The third kappa shape index (κ3) is 4.91. The third-order valence-electron chi connectivity index (χ3n) is 4.11. The van der Waals surface area contributed by atoms with Gasteiger partial charge in [-0.2, -0.15) is 0 Å². The smallest absolute Gasteiger partial charge is 0.342 e. The van der Waals surface area contributed by atoms with Gasteiger partial charge in [-0.05, 0) is 44.0 Å². The summed E-state index contributed by atoms with van der Waals surface area (Å²) >= 11 is 0. The highest BCUT2D eigenvalue weighted by molar-refractivity contribution is 5.98. The van der Waals surface area contributed by atoms with Crippen LogP contribution in [-0.4, -0.2) is 37.4 Å². The zero-order valence-electron chi connectivity index (χ0n) is 16.8. The quantitative estimate of drug-likeness (QED) is 0.568. The van der Waals surface area contributed by atoms with Gasteiger partial charge < -0.3 is 19.3 Å². The minimum Gasteiger partial charge on any atom is -0.507 e. The fraction of sp³-hybridized carbons (Fsp3) is 0.273. The molecule has 0 radical (unpaired) electrons. The van der Waals surface area contributed by atoms with Gasteiger partial charge in [-0.3, -0.25) is 0 Å². The molecule has 0 amide bonds. The molecule has 2 rings (SSSR count). The molecule has 2 aromatic rings. The van der Waals surface area contributed by atoms with Crippen molar-refractivity contribution in [2.24, 2.45) is 0 Å². The number of carbonyl (C=O) groups excluding carboxylic acids is 1. The molecule has 0 aliphatic heterocycles. The van der Waals surface area contributed by atoms with Crippen LogP contribution in [0, 0.1) is 0 Å². The number of aromatic nitrogens is 1. The molecular weight excluding hydrogens is 358 g/mol. The molecule has 6 nitrogen and oxygen atoms in total. The Labute approximate surface area is 165 Å². The number of nitrogens with zero attached hydrogens (tertiary/aromatic N) is 1. The SMILES string of the molecule is COC(=O)c1c(/C=C/c2cccc(OC)n2)cc(OC)c(CC=C(C)C)c1O. The van der Waals surface area contributed by atoms with Crippen LogP contribution < -0.4 is 9.47 Å². The number of carbonyl (C=O) groups is 1. The van der Waals surface area contributed by atoms with E-state index < -0.39 is 5.97 Å². The number of esters is 1. The first-order valence-corrected chi connectivity index (χ1v) is 8.74. The Balaban J connectivity index is 2.58. The lowest BCUT2D eigenvalue weighted by Crippen LogP contribution is -2.07. The van der Waals surface area contributed by atoms with Crippen molar-refractivity contribution in [3.63, 3.8) is 0 Å². The van der Waals surface area contributed by atoms with Crippen LogP contribution in [0.25, 0.3) is 12.2 Å². The van der Waals surface area contributed by atoms with Crippen molar-refractivity contribution in [3.8, 4) is 17.4 Å². The minimum atomic E-state index is -0.628. The van der Waals surface area contributed by atoms with Crippen molar-refractivity contribution >= 4 is 18.1 Å². The van der Waals surface area contributed by atoms with Crippen molar-refractivity contribution in [2.45, 2.75) is 20.3 Å². The highest BCUT2D eigenvalue weighted by Gasteiger charge is 2.22. The average molecular weight is 383 g/mol. The molecule has 1 aromatic carbocycles. The van der Waals surface area contributed by atoms with Crippen LogP contribution in [0.2, 0.25) is 0 Å². The third-order valence-corrected chi connectivity index (χ3v) is 4.11. The van der Waals surface area contributed by atoms with Gasteiger partial charge >= 0.3 is 5.97 Å². The van der Waals surface area contributed by atoms with E-state index in [2.05, 4.69) is 4.98 Å². The molecule has 0 fully saturated rings. The number of hydrogen-bond acceptors (Lipinski definition) is 6. The van der Waals surface area contributed by atoms with Crippen molar-refractivity contribution in [2.75, 3.05) is 21.3 Å². The first-order valence-electron chi connectivity index (χ1n) is 8.74. The van der Waals surface area contributed by atoms with Crippen molar-refractivity contribution in [1.29, 1.82) is 0 Å². The monoisotopic (exact) mass is 383 g/mol. The number of allylic oxidation sites excluding steroid dienone is 2. The lowest BCUT2D eigenvalue weighted by Gasteiger charge is -2.15. The summed E-state index contributed by atoms with van der Waals surface area (Å²) < 4.78 is 15.4. The number of ether oxygens (including phenoxy) is 3. The second kappa shape index (κ2) is 9.60. The van der Waals surface area contributed by atoms with E-state index in [-0.39, 0.29) is 11.3 Å². The van der Waals surface area contributed by atoms with Gasteiger partial charge in [0.2, 0.25) is 5.88 Å². The molecule has 0 unspecified atom stereocenters. The molecular formula is C22H25NO5. The molecule has 0 aliphatic carbocycles. The topological polar surface area (TPSA) is 77.9 Å². The second-order valence-electron chi connectivity index (χ2n) is 6.29. The largest absolute Gasteiger partial charge is 0.507 e. The van der Waals surface area contributed by atoms with Crippen LogP contribution in [0.15, 0.2) is 35.9 Å². The van der Waals surface area contributed by atoms with E-state index in [4.69, 9.17) is 14.2 Å². The predicted octanol–water partition coefficient (Wildman–Crippen LogP) is 4.27. The van der Waals surface area contributed by atoms with Crippen LogP contribution in [0.3, 0.4) is 0 Å². The lowest BCUT2D eigenvalue weighted by atomic mass is 9.97. The predicted molar refractivity (Wildman–Crippen MR) is 109 cm³/mol. The number of benzene rings is 1. The maximum atomic E-state index is 12.3. The molecule has 1 N–H and O–H groups in total. The summed E-state index contributed by atoms with van der Waals surface area (Å²) in [5.41, 5.74) is 2.81. The molecule has 0 saturated carbocycles. The minimum absolute atomic E-state index is 0.0830.